The fourth-order valence-corrected chi connectivity index (χ4v) is 1.46. The molecular formula is C12H14FN3O4. The lowest BCUT2D eigenvalue weighted by Crippen LogP contribution is -2.38. The summed E-state index contributed by atoms with van der Waals surface area (Å²) in [6.07, 6.45) is 0. The average molecular weight is 283 g/mol. The zero-order valence-electron chi connectivity index (χ0n) is 11.3. The van der Waals surface area contributed by atoms with Crippen molar-refractivity contribution in [1.82, 2.24) is 9.80 Å². The van der Waals surface area contributed by atoms with Crippen LogP contribution < -0.4 is 0 Å². The Balaban J connectivity index is 3.05. The van der Waals surface area contributed by atoms with Gasteiger partial charge < -0.3 is 9.80 Å². The zero-order valence-corrected chi connectivity index (χ0v) is 11.3. The number of hydrogen-bond acceptors (Lipinski definition) is 4. The minimum atomic E-state index is -0.786. The Morgan fingerprint density at radius 3 is 2.40 bits per heavy atom. The molecule has 0 aliphatic heterocycles. The molecule has 0 bridgehead atoms. The van der Waals surface area contributed by atoms with E-state index in [2.05, 4.69) is 0 Å². The topological polar surface area (TPSA) is 83.8 Å². The molecule has 1 aromatic rings. The van der Waals surface area contributed by atoms with E-state index < -0.39 is 22.3 Å². The highest BCUT2D eigenvalue weighted by atomic mass is 19.1. The SMILES string of the molecule is CN(C)C(=O)CN(C)C(=O)c1cc(F)ccc1[N+](=O)[O-]. The summed E-state index contributed by atoms with van der Waals surface area (Å²) in [5.74, 6) is -1.89. The highest BCUT2D eigenvalue weighted by Gasteiger charge is 2.24. The van der Waals surface area contributed by atoms with Crippen molar-refractivity contribution in [3.8, 4) is 0 Å². The Bertz CT molecular complexity index is 560. The Labute approximate surface area is 114 Å². The minimum absolute atomic E-state index is 0.250. The molecular weight excluding hydrogens is 269 g/mol. The van der Waals surface area contributed by atoms with Crippen molar-refractivity contribution in [2.75, 3.05) is 27.7 Å². The molecule has 0 fully saturated rings. The molecule has 108 valence electrons. The third-order valence-corrected chi connectivity index (χ3v) is 2.60. The number of amides is 2. The van der Waals surface area contributed by atoms with Crippen LogP contribution in [0.3, 0.4) is 0 Å². The smallest absolute Gasteiger partial charge is 0.282 e. The maximum atomic E-state index is 13.2. The first-order valence-corrected chi connectivity index (χ1v) is 5.63. The molecule has 0 N–H and O–H groups in total. The van der Waals surface area contributed by atoms with Gasteiger partial charge in [0.2, 0.25) is 5.91 Å². The maximum Gasteiger partial charge on any atom is 0.282 e. The first-order chi connectivity index (χ1) is 9.23. The van der Waals surface area contributed by atoms with E-state index in [0.717, 1.165) is 23.1 Å². The number of nitro groups is 1. The van der Waals surface area contributed by atoms with Gasteiger partial charge in [-0.2, -0.15) is 0 Å². The van der Waals surface area contributed by atoms with E-state index >= 15 is 0 Å². The van der Waals surface area contributed by atoms with Crippen molar-refractivity contribution in [3.63, 3.8) is 0 Å². The zero-order chi connectivity index (χ0) is 15.4. The Kier molecular flexibility index (Phi) is 4.73. The predicted molar refractivity (Wildman–Crippen MR) is 68.7 cm³/mol. The van der Waals surface area contributed by atoms with E-state index in [1.807, 2.05) is 0 Å². The number of carbonyl (C=O) groups is 2. The van der Waals surface area contributed by atoms with Crippen molar-refractivity contribution in [3.05, 3.63) is 39.7 Å². The Morgan fingerprint density at radius 2 is 1.90 bits per heavy atom. The van der Waals surface area contributed by atoms with Gasteiger partial charge in [0.15, 0.2) is 0 Å². The van der Waals surface area contributed by atoms with E-state index in [-0.39, 0.29) is 18.0 Å². The molecule has 0 spiro atoms. The van der Waals surface area contributed by atoms with Gasteiger partial charge in [0.05, 0.1) is 11.5 Å². The van der Waals surface area contributed by atoms with Gasteiger partial charge in [-0.25, -0.2) is 4.39 Å². The first kappa shape index (κ1) is 15.5. The summed E-state index contributed by atoms with van der Waals surface area (Å²) in [5, 5.41) is 10.8. The molecule has 0 aliphatic carbocycles. The Morgan fingerprint density at radius 1 is 1.30 bits per heavy atom. The van der Waals surface area contributed by atoms with Crippen LogP contribution in [0.1, 0.15) is 10.4 Å². The molecule has 20 heavy (non-hydrogen) atoms. The molecule has 0 heterocycles. The van der Waals surface area contributed by atoms with Crippen LogP contribution in [0.4, 0.5) is 10.1 Å². The van der Waals surface area contributed by atoms with Crippen molar-refractivity contribution in [1.29, 1.82) is 0 Å². The fraction of sp³-hybridized carbons (Fsp3) is 0.333. The van der Waals surface area contributed by atoms with Gasteiger partial charge >= 0.3 is 0 Å². The van der Waals surface area contributed by atoms with Gasteiger partial charge in [0, 0.05) is 27.2 Å². The van der Waals surface area contributed by atoms with Gasteiger partial charge in [0.1, 0.15) is 11.4 Å². The van der Waals surface area contributed by atoms with Gasteiger partial charge in [-0.15, -0.1) is 0 Å². The minimum Gasteiger partial charge on any atom is -0.347 e. The van der Waals surface area contributed by atoms with Crippen molar-refractivity contribution in [2.45, 2.75) is 0 Å². The summed E-state index contributed by atoms with van der Waals surface area (Å²) in [6, 6.07) is 2.61. The number of carbonyl (C=O) groups excluding carboxylic acids is 2. The predicted octanol–water partition coefficient (Wildman–Crippen LogP) is 0.894. The highest BCUT2D eigenvalue weighted by Crippen LogP contribution is 2.20. The number of nitro benzene ring substituents is 1. The third-order valence-electron chi connectivity index (χ3n) is 2.60. The number of likely N-dealkylation sites (N-methyl/N-ethyl adjacent to an activating group) is 2. The van der Waals surface area contributed by atoms with Crippen LogP contribution in [0.25, 0.3) is 0 Å². The number of nitrogens with zero attached hydrogens (tertiary/aromatic N) is 3. The van der Waals surface area contributed by atoms with Crippen molar-refractivity contribution in [2.24, 2.45) is 0 Å². The molecule has 0 aromatic heterocycles. The summed E-state index contributed by atoms with van der Waals surface area (Å²) < 4.78 is 13.2. The van der Waals surface area contributed by atoms with Crippen LogP contribution >= 0.6 is 0 Å². The molecule has 0 radical (unpaired) electrons. The lowest BCUT2D eigenvalue weighted by molar-refractivity contribution is -0.385. The lowest BCUT2D eigenvalue weighted by Gasteiger charge is -2.19. The first-order valence-electron chi connectivity index (χ1n) is 5.63. The van der Waals surface area contributed by atoms with E-state index in [0.29, 0.717) is 0 Å². The molecule has 0 atom stereocenters. The third kappa shape index (κ3) is 3.50. The molecule has 2 amide bonds. The molecule has 0 unspecified atom stereocenters. The van der Waals surface area contributed by atoms with Gasteiger partial charge in [-0.05, 0) is 12.1 Å². The monoisotopic (exact) mass is 283 g/mol. The van der Waals surface area contributed by atoms with Gasteiger partial charge in [0.25, 0.3) is 11.6 Å². The summed E-state index contributed by atoms with van der Waals surface area (Å²) in [4.78, 5) is 35.9. The van der Waals surface area contributed by atoms with Crippen LogP contribution in [-0.4, -0.2) is 54.2 Å². The van der Waals surface area contributed by atoms with E-state index in [4.69, 9.17) is 0 Å². The van der Waals surface area contributed by atoms with Crippen LogP contribution in [-0.2, 0) is 4.79 Å². The van der Waals surface area contributed by atoms with E-state index in [9.17, 15) is 24.1 Å². The van der Waals surface area contributed by atoms with Crippen LogP contribution in [0, 0.1) is 15.9 Å². The molecule has 8 heteroatoms. The highest BCUT2D eigenvalue weighted by molar-refractivity contribution is 5.99. The van der Waals surface area contributed by atoms with Gasteiger partial charge in [-0.1, -0.05) is 0 Å². The van der Waals surface area contributed by atoms with Crippen molar-refractivity contribution >= 4 is 17.5 Å². The molecule has 1 rings (SSSR count). The number of benzene rings is 1. The van der Waals surface area contributed by atoms with E-state index in [1.165, 1.54) is 26.0 Å². The van der Waals surface area contributed by atoms with Crippen LogP contribution in [0.2, 0.25) is 0 Å². The maximum absolute atomic E-state index is 13.2. The number of hydrogen-bond donors (Lipinski definition) is 0. The molecule has 7 nitrogen and oxygen atoms in total. The second kappa shape index (κ2) is 6.09. The summed E-state index contributed by atoms with van der Waals surface area (Å²) >= 11 is 0. The van der Waals surface area contributed by atoms with E-state index in [1.54, 1.807) is 0 Å². The van der Waals surface area contributed by atoms with Crippen LogP contribution in [0.15, 0.2) is 18.2 Å². The summed E-state index contributed by atoms with van der Waals surface area (Å²) in [5.41, 5.74) is -0.885. The second-order valence-electron chi connectivity index (χ2n) is 4.37. The second-order valence-corrected chi connectivity index (χ2v) is 4.37. The lowest BCUT2D eigenvalue weighted by atomic mass is 10.1. The summed E-state index contributed by atoms with van der Waals surface area (Å²) in [7, 11) is 4.36. The number of rotatable bonds is 4. The Hall–Kier alpha value is -2.51. The largest absolute Gasteiger partial charge is 0.347 e. The quantitative estimate of drug-likeness (QED) is 0.607. The molecule has 1 aromatic carbocycles. The van der Waals surface area contributed by atoms with Crippen LogP contribution in [0.5, 0.6) is 0 Å². The average Bonchev–Trinajstić information content (AvgIpc) is 2.36. The fourth-order valence-electron chi connectivity index (χ4n) is 1.46. The molecule has 0 saturated carbocycles. The molecule has 0 aliphatic rings. The molecule has 0 saturated heterocycles. The summed E-state index contributed by atoms with van der Waals surface area (Å²) in [6.45, 7) is -0.250. The van der Waals surface area contributed by atoms with Gasteiger partial charge in [-0.3, -0.25) is 19.7 Å². The standard InChI is InChI=1S/C12H14FN3O4/c1-14(2)11(17)7-15(3)12(18)9-6-8(13)4-5-10(9)16(19)20/h4-6H,7H2,1-3H3. The van der Waals surface area contributed by atoms with Crippen molar-refractivity contribution < 1.29 is 18.9 Å². The normalized spacial score (nSPS) is 10.0. The number of halogens is 1.